The van der Waals surface area contributed by atoms with E-state index in [1.807, 2.05) is 0 Å². The Hall–Kier alpha value is -3.42. The maximum Gasteiger partial charge on any atom is 0.747 e. The van der Waals surface area contributed by atoms with Crippen molar-refractivity contribution in [1.29, 1.82) is 0 Å². The average molecular weight is 399 g/mol. The Kier molecular flexibility index (Phi) is 5.88. The summed E-state index contributed by atoms with van der Waals surface area (Å²) in [6.45, 7) is 1.74. The van der Waals surface area contributed by atoms with Crippen molar-refractivity contribution in [2.45, 2.75) is 13.0 Å². The molecule has 1 aromatic carbocycles. The summed E-state index contributed by atoms with van der Waals surface area (Å²) in [7, 11) is -2.74. The van der Waals surface area contributed by atoms with Crippen LogP contribution in [0, 0.1) is 0 Å². The van der Waals surface area contributed by atoms with Crippen LogP contribution < -0.4 is 15.4 Å². The summed E-state index contributed by atoms with van der Waals surface area (Å²) >= 11 is 0. The third-order valence-electron chi connectivity index (χ3n) is 3.86. The van der Waals surface area contributed by atoms with Crippen LogP contribution in [-0.2, 0) is 4.57 Å². The van der Waals surface area contributed by atoms with E-state index < -0.39 is 25.8 Å². The topological polar surface area (TPSA) is 134 Å². The molecule has 3 aromatic rings. The van der Waals surface area contributed by atoms with Gasteiger partial charge in [0.15, 0.2) is 11.6 Å². The maximum absolute atomic E-state index is 12.4. The number of hydrogen-bond acceptors (Lipinski definition) is 6. The standard InChI is InChI=1S/C18H15N4O5P/c1-11(12-5-7-13(8-6-12)27-28(25)26)21-17(23)14-10-20-16(22-18(14)24)15-4-2-3-9-19-15/h2-11H,1H3,(H2-,20,21,22,23,24,25,26)/p+1/t11-/m0/s1. The van der Waals surface area contributed by atoms with Gasteiger partial charge in [0, 0.05) is 17.0 Å². The van der Waals surface area contributed by atoms with Gasteiger partial charge in [0.05, 0.1) is 6.04 Å². The molecule has 10 heteroatoms. The number of aromatic amines is 1. The molecule has 0 spiro atoms. The summed E-state index contributed by atoms with van der Waals surface area (Å²) in [6, 6.07) is 11.1. The second-order valence-electron chi connectivity index (χ2n) is 5.78. The molecule has 2 heterocycles. The number of rotatable bonds is 6. The first-order chi connectivity index (χ1) is 13.4. The normalized spacial score (nSPS) is 12.1. The molecule has 3 N–H and O–H groups in total. The van der Waals surface area contributed by atoms with Crippen molar-refractivity contribution in [3.8, 4) is 17.3 Å². The smallest absolute Gasteiger partial charge is 0.345 e. The highest BCUT2D eigenvalue weighted by Crippen LogP contribution is 2.24. The second kappa shape index (κ2) is 8.51. The highest BCUT2D eigenvalue weighted by Gasteiger charge is 2.18. The summed E-state index contributed by atoms with van der Waals surface area (Å²) in [6.07, 6.45) is 2.78. The van der Waals surface area contributed by atoms with E-state index in [2.05, 4.69) is 24.8 Å². The fourth-order valence-electron chi connectivity index (χ4n) is 2.45. The summed E-state index contributed by atoms with van der Waals surface area (Å²) in [5.41, 5.74) is 0.523. The van der Waals surface area contributed by atoms with Gasteiger partial charge in [0.25, 0.3) is 11.5 Å². The second-order valence-corrected chi connectivity index (χ2v) is 6.44. The number of pyridine rings is 1. The zero-order valence-corrected chi connectivity index (χ0v) is 15.6. The molecule has 1 unspecified atom stereocenters. The lowest BCUT2D eigenvalue weighted by molar-refractivity contribution is 0.0938. The molecule has 0 bridgehead atoms. The first-order valence-electron chi connectivity index (χ1n) is 8.19. The maximum atomic E-state index is 12.4. The Labute approximate surface area is 160 Å². The third-order valence-corrected chi connectivity index (χ3v) is 4.23. The van der Waals surface area contributed by atoms with Crippen LogP contribution in [0.4, 0.5) is 0 Å². The molecule has 142 valence electrons. The minimum Gasteiger partial charge on any atom is -0.345 e. The number of benzene rings is 1. The van der Waals surface area contributed by atoms with E-state index in [1.54, 1.807) is 43.5 Å². The van der Waals surface area contributed by atoms with Crippen LogP contribution in [0.2, 0.25) is 0 Å². The Balaban J connectivity index is 1.72. The van der Waals surface area contributed by atoms with E-state index in [0.717, 1.165) is 5.56 Å². The third kappa shape index (κ3) is 4.64. The fourth-order valence-corrected chi connectivity index (χ4v) is 2.76. The number of aromatic nitrogens is 3. The van der Waals surface area contributed by atoms with E-state index in [1.165, 1.54) is 18.3 Å². The quantitative estimate of drug-likeness (QED) is 0.542. The number of hydrogen-bond donors (Lipinski definition) is 3. The number of carbonyl (C=O) groups is 1. The van der Waals surface area contributed by atoms with E-state index in [0.29, 0.717) is 5.69 Å². The van der Waals surface area contributed by atoms with Gasteiger partial charge in [0.1, 0.15) is 11.3 Å². The van der Waals surface area contributed by atoms with Gasteiger partial charge in [-0.1, -0.05) is 18.2 Å². The van der Waals surface area contributed by atoms with E-state index in [-0.39, 0.29) is 17.1 Å². The number of carbonyl (C=O) groups excluding carboxylic acids is 1. The van der Waals surface area contributed by atoms with Gasteiger partial charge in [-0.15, -0.1) is 4.89 Å². The molecule has 2 atom stereocenters. The zero-order chi connectivity index (χ0) is 20.1. The molecule has 28 heavy (non-hydrogen) atoms. The van der Waals surface area contributed by atoms with Crippen LogP contribution in [0.3, 0.4) is 0 Å². The molecule has 0 fully saturated rings. The van der Waals surface area contributed by atoms with Crippen LogP contribution in [-0.4, -0.2) is 25.8 Å². The minimum atomic E-state index is -2.74. The van der Waals surface area contributed by atoms with Crippen molar-refractivity contribution in [1.82, 2.24) is 20.3 Å². The number of amides is 1. The van der Waals surface area contributed by atoms with Crippen molar-refractivity contribution in [2.75, 3.05) is 0 Å². The Morgan fingerprint density at radius 2 is 1.96 bits per heavy atom. The van der Waals surface area contributed by atoms with Crippen LogP contribution in [0.1, 0.15) is 28.9 Å². The summed E-state index contributed by atoms with van der Waals surface area (Å²) in [4.78, 5) is 44.2. The highest BCUT2D eigenvalue weighted by molar-refractivity contribution is 7.32. The van der Waals surface area contributed by atoms with E-state index >= 15 is 0 Å². The molecular weight excluding hydrogens is 383 g/mol. The van der Waals surface area contributed by atoms with Gasteiger partial charge in [-0.2, -0.15) is 0 Å². The molecule has 0 aliphatic heterocycles. The molecule has 0 aliphatic rings. The number of nitrogens with one attached hydrogen (secondary N) is 2. The number of nitrogens with zero attached hydrogens (tertiary/aromatic N) is 2. The minimum absolute atomic E-state index is 0.122. The van der Waals surface area contributed by atoms with Gasteiger partial charge in [0.2, 0.25) is 0 Å². The lowest BCUT2D eigenvalue weighted by Crippen LogP contribution is -2.32. The van der Waals surface area contributed by atoms with Crippen LogP contribution in [0.5, 0.6) is 5.75 Å². The van der Waals surface area contributed by atoms with Crippen LogP contribution in [0.15, 0.2) is 59.7 Å². The first-order valence-corrected chi connectivity index (χ1v) is 9.32. The van der Waals surface area contributed by atoms with Gasteiger partial charge in [-0.25, -0.2) is 9.51 Å². The monoisotopic (exact) mass is 399 g/mol. The summed E-state index contributed by atoms with van der Waals surface area (Å²) in [5.74, 6) is -0.0720. The summed E-state index contributed by atoms with van der Waals surface area (Å²) in [5, 5.41) is 2.71. The van der Waals surface area contributed by atoms with Crippen molar-refractivity contribution < 1.29 is 18.8 Å². The van der Waals surface area contributed by atoms with Gasteiger partial charge < -0.3 is 10.3 Å². The molecule has 1 amide bonds. The predicted molar refractivity (Wildman–Crippen MR) is 101 cm³/mol. The fraction of sp³-hybridized carbons (Fsp3) is 0.111. The summed E-state index contributed by atoms with van der Waals surface area (Å²) < 4.78 is 15.3. The lowest BCUT2D eigenvalue weighted by Gasteiger charge is -2.14. The van der Waals surface area contributed by atoms with E-state index in [9.17, 15) is 14.2 Å². The number of H-pyrrole nitrogens is 1. The largest absolute Gasteiger partial charge is 0.747 e. The van der Waals surface area contributed by atoms with Gasteiger partial charge in [-0.05, 0) is 36.8 Å². The Morgan fingerprint density at radius 3 is 2.57 bits per heavy atom. The molecule has 0 radical (unpaired) electrons. The Morgan fingerprint density at radius 1 is 1.21 bits per heavy atom. The van der Waals surface area contributed by atoms with Gasteiger partial charge >= 0.3 is 8.25 Å². The molecular formula is C18H16N4O5P+. The van der Waals surface area contributed by atoms with Crippen molar-refractivity contribution in [3.63, 3.8) is 0 Å². The van der Waals surface area contributed by atoms with Crippen LogP contribution >= 0.6 is 8.25 Å². The first kappa shape index (κ1) is 19.3. The lowest BCUT2D eigenvalue weighted by atomic mass is 10.1. The zero-order valence-electron chi connectivity index (χ0n) is 14.7. The van der Waals surface area contributed by atoms with E-state index in [4.69, 9.17) is 4.89 Å². The Bertz CT molecular complexity index is 1050. The highest BCUT2D eigenvalue weighted by atomic mass is 31.1. The van der Waals surface area contributed by atoms with Crippen molar-refractivity contribution in [3.05, 3.63) is 76.3 Å². The SMILES string of the molecule is C[C@H](NC(=O)c1cnc(-c2ccccn2)[nH]c1=O)c1ccc(O[P+](=O)O)cc1. The van der Waals surface area contributed by atoms with Crippen LogP contribution in [0.25, 0.3) is 11.5 Å². The van der Waals surface area contributed by atoms with Gasteiger partial charge in [-0.3, -0.25) is 14.6 Å². The molecule has 2 aromatic heterocycles. The molecule has 0 saturated heterocycles. The molecule has 3 rings (SSSR count). The molecule has 9 nitrogen and oxygen atoms in total. The predicted octanol–water partition coefficient (Wildman–Crippen LogP) is 2.35. The average Bonchev–Trinajstić information content (AvgIpc) is 2.68. The molecule has 0 aliphatic carbocycles. The molecule has 0 saturated carbocycles. The van der Waals surface area contributed by atoms with Crippen molar-refractivity contribution in [2.24, 2.45) is 0 Å². The van der Waals surface area contributed by atoms with Crippen molar-refractivity contribution >= 4 is 14.2 Å².